The molecule has 0 atom stereocenters. The summed E-state index contributed by atoms with van der Waals surface area (Å²) >= 11 is 1.61. The van der Waals surface area contributed by atoms with Gasteiger partial charge in [0.05, 0.1) is 18.7 Å². The Morgan fingerprint density at radius 3 is 3.00 bits per heavy atom. The van der Waals surface area contributed by atoms with Gasteiger partial charge in [-0.3, -0.25) is 4.79 Å². The fourth-order valence-electron chi connectivity index (χ4n) is 1.16. The third kappa shape index (κ3) is 5.44. The summed E-state index contributed by atoms with van der Waals surface area (Å²) < 4.78 is 4.84. The first-order valence-corrected chi connectivity index (χ1v) is 5.87. The van der Waals surface area contributed by atoms with Crippen LogP contribution >= 0.6 is 23.7 Å². The highest BCUT2D eigenvalue weighted by molar-refractivity contribution is 7.09. The summed E-state index contributed by atoms with van der Waals surface area (Å²) in [5.41, 5.74) is 0.971. The molecule has 1 rings (SSSR count). The van der Waals surface area contributed by atoms with E-state index < -0.39 is 0 Å². The molecule has 0 amide bonds. The molecule has 0 fully saturated rings. The van der Waals surface area contributed by atoms with Gasteiger partial charge in [-0.15, -0.1) is 23.7 Å². The molecule has 1 aromatic rings. The topological polar surface area (TPSA) is 51.2 Å². The molecule has 16 heavy (non-hydrogen) atoms. The van der Waals surface area contributed by atoms with E-state index in [4.69, 9.17) is 4.74 Å². The quantitative estimate of drug-likeness (QED) is 0.796. The average Bonchev–Trinajstić information content (AvgIpc) is 2.64. The molecule has 1 heterocycles. The van der Waals surface area contributed by atoms with Crippen molar-refractivity contribution in [3.63, 3.8) is 0 Å². The number of nitrogens with zero attached hydrogens (tertiary/aromatic N) is 1. The van der Waals surface area contributed by atoms with Crippen molar-refractivity contribution < 1.29 is 9.53 Å². The lowest BCUT2D eigenvalue weighted by Crippen LogP contribution is -2.06. The van der Waals surface area contributed by atoms with Crippen LogP contribution in [0.15, 0.2) is 5.38 Å². The van der Waals surface area contributed by atoms with Crippen LogP contribution in [0.3, 0.4) is 0 Å². The molecule has 0 bridgehead atoms. The molecule has 0 spiro atoms. The van der Waals surface area contributed by atoms with Gasteiger partial charge in [-0.05, 0) is 14.0 Å². The van der Waals surface area contributed by atoms with Crippen LogP contribution in [0.2, 0.25) is 0 Å². The highest BCUT2D eigenvalue weighted by atomic mass is 35.5. The number of carbonyl (C=O) groups is 1. The Bertz CT molecular complexity index is 318. The standard InChI is InChI=1S/C10H16N2O2S.ClH/c1-3-14-10(13)5-4-8-7-15-9(12-8)6-11-2;/h7,11H,3-6H2,1-2H3;1H. The molecule has 6 heteroatoms. The van der Waals surface area contributed by atoms with E-state index in [9.17, 15) is 4.79 Å². The van der Waals surface area contributed by atoms with Crippen molar-refractivity contribution in [1.82, 2.24) is 10.3 Å². The maximum absolute atomic E-state index is 11.1. The number of halogens is 1. The minimum Gasteiger partial charge on any atom is -0.466 e. The van der Waals surface area contributed by atoms with Gasteiger partial charge in [0, 0.05) is 18.3 Å². The Labute approximate surface area is 106 Å². The van der Waals surface area contributed by atoms with E-state index >= 15 is 0 Å². The predicted octanol–water partition coefficient (Wildman–Crippen LogP) is 1.78. The van der Waals surface area contributed by atoms with Gasteiger partial charge in [-0.25, -0.2) is 4.98 Å². The van der Waals surface area contributed by atoms with Crippen LogP contribution in [0.1, 0.15) is 24.0 Å². The zero-order chi connectivity index (χ0) is 11.1. The van der Waals surface area contributed by atoms with Gasteiger partial charge in [0.25, 0.3) is 0 Å². The summed E-state index contributed by atoms with van der Waals surface area (Å²) in [5.74, 6) is -0.152. The van der Waals surface area contributed by atoms with Gasteiger partial charge >= 0.3 is 5.97 Å². The second-order valence-electron chi connectivity index (χ2n) is 3.07. The largest absolute Gasteiger partial charge is 0.466 e. The number of aromatic nitrogens is 1. The first-order valence-electron chi connectivity index (χ1n) is 4.99. The van der Waals surface area contributed by atoms with Crippen LogP contribution in [-0.4, -0.2) is 24.6 Å². The first kappa shape index (κ1) is 15.3. The van der Waals surface area contributed by atoms with Gasteiger partial charge in [0.2, 0.25) is 0 Å². The number of ether oxygens (including phenoxy) is 1. The molecular formula is C10H17ClN2O2S. The average molecular weight is 265 g/mol. The zero-order valence-electron chi connectivity index (χ0n) is 9.49. The molecule has 0 aliphatic rings. The zero-order valence-corrected chi connectivity index (χ0v) is 11.1. The normalized spacial score (nSPS) is 9.62. The monoisotopic (exact) mass is 264 g/mol. The second kappa shape index (κ2) is 8.50. The number of carbonyl (C=O) groups excluding carboxylic acids is 1. The van der Waals surface area contributed by atoms with E-state index in [-0.39, 0.29) is 18.4 Å². The van der Waals surface area contributed by atoms with E-state index in [0.29, 0.717) is 19.4 Å². The Kier molecular flexibility index (Phi) is 8.15. The van der Waals surface area contributed by atoms with Gasteiger partial charge in [0.1, 0.15) is 5.01 Å². The van der Waals surface area contributed by atoms with Crippen LogP contribution in [0.5, 0.6) is 0 Å². The van der Waals surface area contributed by atoms with Crippen molar-refractivity contribution in [2.45, 2.75) is 26.3 Å². The SMILES string of the molecule is CCOC(=O)CCc1csc(CNC)n1.Cl. The van der Waals surface area contributed by atoms with Gasteiger partial charge in [0.15, 0.2) is 0 Å². The molecule has 0 saturated heterocycles. The van der Waals surface area contributed by atoms with Crippen molar-refractivity contribution in [3.8, 4) is 0 Å². The number of rotatable bonds is 6. The number of hydrogen-bond donors (Lipinski definition) is 1. The summed E-state index contributed by atoms with van der Waals surface area (Å²) in [7, 11) is 1.89. The summed E-state index contributed by atoms with van der Waals surface area (Å²) in [4.78, 5) is 15.5. The van der Waals surface area contributed by atoms with Crippen LogP contribution in [0.25, 0.3) is 0 Å². The van der Waals surface area contributed by atoms with Crippen molar-refractivity contribution in [1.29, 1.82) is 0 Å². The molecule has 92 valence electrons. The maximum Gasteiger partial charge on any atom is 0.306 e. The lowest BCUT2D eigenvalue weighted by molar-refractivity contribution is -0.143. The van der Waals surface area contributed by atoms with Gasteiger partial charge in [-0.2, -0.15) is 0 Å². The van der Waals surface area contributed by atoms with E-state index in [2.05, 4.69) is 10.3 Å². The summed E-state index contributed by atoms with van der Waals surface area (Å²) in [6.45, 7) is 3.04. The highest BCUT2D eigenvalue weighted by Gasteiger charge is 2.05. The summed E-state index contributed by atoms with van der Waals surface area (Å²) in [6.07, 6.45) is 1.08. The molecule has 0 aliphatic carbocycles. The van der Waals surface area contributed by atoms with Crippen molar-refractivity contribution in [3.05, 3.63) is 16.1 Å². The molecule has 0 aromatic carbocycles. The van der Waals surface area contributed by atoms with E-state index in [1.807, 2.05) is 19.4 Å². The van der Waals surface area contributed by atoms with Crippen molar-refractivity contribution >= 4 is 29.7 Å². The molecule has 1 aromatic heterocycles. The Hall–Kier alpha value is -0.650. The fourth-order valence-corrected chi connectivity index (χ4v) is 2.00. The molecule has 4 nitrogen and oxygen atoms in total. The molecule has 0 radical (unpaired) electrons. The Balaban J connectivity index is 0.00000225. The summed E-state index contributed by atoms with van der Waals surface area (Å²) in [6, 6.07) is 0. The van der Waals surface area contributed by atoms with E-state index in [1.165, 1.54) is 0 Å². The Morgan fingerprint density at radius 1 is 1.62 bits per heavy atom. The molecule has 0 unspecified atom stereocenters. The third-order valence-electron chi connectivity index (χ3n) is 1.82. The molecular weight excluding hydrogens is 248 g/mol. The molecule has 0 saturated carbocycles. The van der Waals surface area contributed by atoms with Gasteiger partial charge in [-0.1, -0.05) is 0 Å². The fraction of sp³-hybridized carbons (Fsp3) is 0.600. The summed E-state index contributed by atoms with van der Waals surface area (Å²) in [5, 5.41) is 6.08. The Morgan fingerprint density at radius 2 is 2.38 bits per heavy atom. The minimum absolute atomic E-state index is 0. The van der Waals surface area contributed by atoms with E-state index in [0.717, 1.165) is 17.2 Å². The number of aryl methyl sites for hydroxylation is 1. The number of nitrogens with one attached hydrogen (secondary N) is 1. The highest BCUT2D eigenvalue weighted by Crippen LogP contribution is 2.11. The van der Waals surface area contributed by atoms with E-state index in [1.54, 1.807) is 11.3 Å². The second-order valence-corrected chi connectivity index (χ2v) is 4.01. The maximum atomic E-state index is 11.1. The number of esters is 1. The van der Waals surface area contributed by atoms with Crippen LogP contribution in [-0.2, 0) is 22.5 Å². The number of hydrogen-bond acceptors (Lipinski definition) is 5. The number of thiazole rings is 1. The van der Waals surface area contributed by atoms with Crippen molar-refractivity contribution in [2.24, 2.45) is 0 Å². The minimum atomic E-state index is -0.152. The van der Waals surface area contributed by atoms with Crippen LogP contribution in [0, 0.1) is 0 Å². The lowest BCUT2D eigenvalue weighted by atomic mass is 10.2. The lowest BCUT2D eigenvalue weighted by Gasteiger charge is -1.99. The van der Waals surface area contributed by atoms with Crippen LogP contribution < -0.4 is 5.32 Å². The smallest absolute Gasteiger partial charge is 0.306 e. The van der Waals surface area contributed by atoms with Crippen molar-refractivity contribution in [2.75, 3.05) is 13.7 Å². The molecule has 1 N–H and O–H groups in total. The van der Waals surface area contributed by atoms with Gasteiger partial charge < -0.3 is 10.1 Å². The molecule has 0 aliphatic heterocycles. The van der Waals surface area contributed by atoms with Crippen LogP contribution in [0.4, 0.5) is 0 Å². The third-order valence-corrected chi connectivity index (χ3v) is 2.72. The first-order chi connectivity index (χ1) is 7.26. The predicted molar refractivity (Wildman–Crippen MR) is 67.1 cm³/mol.